The first kappa shape index (κ1) is 26.1. The summed E-state index contributed by atoms with van der Waals surface area (Å²) in [4.78, 5) is 30.1. The number of carbonyl (C=O) groups is 2. The fraction of sp³-hybridized carbons (Fsp3) is 0.182. The number of nitrogens with zero attached hydrogens (tertiary/aromatic N) is 2. The average molecular weight is 548 g/mol. The summed E-state index contributed by atoms with van der Waals surface area (Å²) < 4.78 is 12.8. The average Bonchev–Trinajstić information content (AvgIpc) is 3.50. The Morgan fingerprint density at radius 3 is 2.27 bits per heavy atom. The van der Waals surface area contributed by atoms with Crippen LogP contribution in [0.3, 0.4) is 0 Å². The lowest BCUT2D eigenvalue weighted by molar-refractivity contribution is -0.139. The first-order chi connectivity index (χ1) is 19.9. The summed E-state index contributed by atoms with van der Waals surface area (Å²) in [6.45, 7) is 2.07. The molecular weight excluding hydrogens is 518 g/mol. The number of amides is 1. The molecule has 1 aliphatic rings. The van der Waals surface area contributed by atoms with Gasteiger partial charge in [0.2, 0.25) is 0 Å². The van der Waals surface area contributed by atoms with Gasteiger partial charge in [-0.05, 0) is 71.1 Å². The topological polar surface area (TPSA) is 102 Å². The molecule has 0 saturated carbocycles. The summed E-state index contributed by atoms with van der Waals surface area (Å²) in [5.41, 5.74) is 8.24. The van der Waals surface area contributed by atoms with Crippen LogP contribution in [-0.4, -0.2) is 46.3 Å². The minimum atomic E-state index is -1.23. The second-order valence-electron chi connectivity index (χ2n) is 10.1. The van der Waals surface area contributed by atoms with Crippen molar-refractivity contribution < 1.29 is 24.2 Å². The number of benzene rings is 3. The maximum atomic E-state index is 13.0. The molecule has 1 aliphatic carbocycles. The number of rotatable bonds is 8. The molecule has 0 fully saturated rings. The van der Waals surface area contributed by atoms with Crippen molar-refractivity contribution in [3.05, 3.63) is 114 Å². The van der Waals surface area contributed by atoms with Gasteiger partial charge in [0.25, 0.3) is 0 Å². The molecule has 1 amide bonds. The highest BCUT2D eigenvalue weighted by Crippen LogP contribution is 2.44. The number of fused-ring (bicyclic) bond motifs is 4. The summed E-state index contributed by atoms with van der Waals surface area (Å²) >= 11 is 0. The van der Waals surface area contributed by atoms with E-state index in [2.05, 4.69) is 17.4 Å². The van der Waals surface area contributed by atoms with Crippen LogP contribution in [0.1, 0.15) is 28.3 Å². The van der Waals surface area contributed by atoms with E-state index >= 15 is 0 Å². The predicted molar refractivity (Wildman–Crippen MR) is 155 cm³/mol. The molecule has 2 aromatic heterocycles. The first-order valence-corrected chi connectivity index (χ1v) is 13.4. The van der Waals surface area contributed by atoms with Gasteiger partial charge in [0.05, 0.1) is 18.5 Å². The van der Waals surface area contributed by atoms with Gasteiger partial charge in [0, 0.05) is 24.1 Å². The molecule has 0 saturated heterocycles. The van der Waals surface area contributed by atoms with Crippen molar-refractivity contribution in [2.75, 3.05) is 13.7 Å². The smallest absolute Gasteiger partial charge is 0.407 e. The SMILES string of the molecule is COc1ccc(-c2nc3cc(C)ccn3c2CC(NC(=O)OCC2c3ccccc3-c3ccccc32)C(=O)O)cc1. The normalized spacial score (nSPS) is 12.9. The second-order valence-corrected chi connectivity index (χ2v) is 10.1. The maximum absolute atomic E-state index is 13.0. The van der Waals surface area contributed by atoms with Gasteiger partial charge in [-0.3, -0.25) is 0 Å². The Morgan fingerprint density at radius 2 is 1.63 bits per heavy atom. The summed E-state index contributed by atoms with van der Waals surface area (Å²) in [5.74, 6) is -0.586. The van der Waals surface area contributed by atoms with Crippen molar-refractivity contribution in [2.24, 2.45) is 0 Å². The van der Waals surface area contributed by atoms with Crippen molar-refractivity contribution >= 4 is 17.7 Å². The molecule has 41 heavy (non-hydrogen) atoms. The zero-order valence-corrected chi connectivity index (χ0v) is 22.7. The van der Waals surface area contributed by atoms with E-state index in [1.54, 1.807) is 7.11 Å². The van der Waals surface area contributed by atoms with E-state index in [1.807, 2.05) is 90.3 Å². The number of hydrogen-bond acceptors (Lipinski definition) is 5. The quantitative estimate of drug-likeness (QED) is 0.253. The van der Waals surface area contributed by atoms with Crippen LogP contribution in [0.15, 0.2) is 91.1 Å². The number of aryl methyl sites for hydroxylation is 1. The molecule has 0 spiro atoms. The zero-order valence-electron chi connectivity index (χ0n) is 22.7. The van der Waals surface area contributed by atoms with Gasteiger partial charge in [-0.15, -0.1) is 0 Å². The van der Waals surface area contributed by atoms with Crippen LogP contribution in [0.2, 0.25) is 0 Å². The van der Waals surface area contributed by atoms with Gasteiger partial charge >= 0.3 is 12.1 Å². The number of carbonyl (C=O) groups excluding carboxylic acids is 1. The summed E-state index contributed by atoms with van der Waals surface area (Å²) in [6, 6.07) is 26.2. The molecule has 0 radical (unpaired) electrons. The van der Waals surface area contributed by atoms with E-state index in [0.29, 0.717) is 22.8 Å². The van der Waals surface area contributed by atoms with E-state index in [1.165, 1.54) is 0 Å². The van der Waals surface area contributed by atoms with Gasteiger partial charge in [0.1, 0.15) is 24.0 Å². The van der Waals surface area contributed by atoms with Gasteiger partial charge in [-0.2, -0.15) is 0 Å². The summed E-state index contributed by atoms with van der Waals surface area (Å²) in [6.07, 6.45) is 1.09. The molecule has 0 aliphatic heterocycles. The third kappa shape index (κ3) is 5.00. The summed E-state index contributed by atoms with van der Waals surface area (Å²) in [5, 5.41) is 12.7. The predicted octanol–water partition coefficient (Wildman–Crippen LogP) is 5.85. The molecule has 2 heterocycles. The van der Waals surface area contributed by atoms with Crippen LogP contribution in [0.5, 0.6) is 5.75 Å². The largest absolute Gasteiger partial charge is 0.497 e. The van der Waals surface area contributed by atoms with Crippen LogP contribution in [-0.2, 0) is 16.0 Å². The molecule has 206 valence electrons. The van der Waals surface area contributed by atoms with Gasteiger partial charge < -0.3 is 24.3 Å². The van der Waals surface area contributed by atoms with E-state index in [0.717, 1.165) is 33.4 Å². The second kappa shape index (κ2) is 10.8. The van der Waals surface area contributed by atoms with E-state index < -0.39 is 18.1 Å². The van der Waals surface area contributed by atoms with Crippen molar-refractivity contribution in [2.45, 2.75) is 25.3 Å². The number of methoxy groups -OCH3 is 1. The Balaban J connectivity index is 1.23. The number of aliphatic carboxylic acids is 1. The van der Waals surface area contributed by atoms with Crippen molar-refractivity contribution in [3.63, 3.8) is 0 Å². The highest BCUT2D eigenvalue weighted by atomic mass is 16.5. The number of ether oxygens (including phenoxy) is 2. The zero-order chi connectivity index (χ0) is 28.5. The van der Waals surface area contributed by atoms with Gasteiger partial charge in [-0.25, -0.2) is 14.6 Å². The van der Waals surface area contributed by atoms with Crippen LogP contribution >= 0.6 is 0 Å². The number of carboxylic acids is 1. The van der Waals surface area contributed by atoms with Crippen LogP contribution < -0.4 is 10.1 Å². The Bertz CT molecular complexity index is 1710. The lowest BCUT2D eigenvalue weighted by Crippen LogP contribution is -2.43. The molecular formula is C33H29N3O5. The van der Waals surface area contributed by atoms with Crippen molar-refractivity contribution in [1.29, 1.82) is 0 Å². The molecule has 0 bridgehead atoms. The molecule has 8 heteroatoms. The third-order valence-corrected chi connectivity index (χ3v) is 7.58. The number of aromatic nitrogens is 2. The van der Waals surface area contributed by atoms with E-state index in [-0.39, 0.29) is 18.9 Å². The lowest BCUT2D eigenvalue weighted by atomic mass is 9.98. The number of nitrogens with one attached hydrogen (secondary N) is 1. The fourth-order valence-corrected chi connectivity index (χ4v) is 5.55. The molecule has 1 unspecified atom stereocenters. The van der Waals surface area contributed by atoms with Crippen molar-refractivity contribution in [1.82, 2.24) is 14.7 Å². The third-order valence-electron chi connectivity index (χ3n) is 7.58. The Kier molecular flexibility index (Phi) is 6.89. The maximum Gasteiger partial charge on any atom is 0.407 e. The number of pyridine rings is 1. The molecule has 1 atom stereocenters. The monoisotopic (exact) mass is 547 g/mol. The molecule has 6 rings (SSSR count). The van der Waals surface area contributed by atoms with E-state index in [9.17, 15) is 14.7 Å². The first-order valence-electron chi connectivity index (χ1n) is 13.4. The Labute approximate surface area is 237 Å². The standard InChI is InChI=1S/C33H29N3O5/c1-20-15-16-36-29(31(35-30(36)17-20)21-11-13-22(40-2)14-12-21)18-28(32(37)38)34-33(39)41-19-27-25-9-5-3-7-23(25)24-8-4-6-10-26(24)27/h3-17,27-28H,18-19H2,1-2H3,(H,34,39)(H,37,38). The number of imidazole rings is 1. The minimum Gasteiger partial charge on any atom is -0.497 e. The molecule has 5 aromatic rings. The van der Waals surface area contributed by atoms with Crippen LogP contribution in [0, 0.1) is 6.92 Å². The lowest BCUT2D eigenvalue weighted by Gasteiger charge is -2.18. The number of hydrogen-bond donors (Lipinski definition) is 2. The fourth-order valence-electron chi connectivity index (χ4n) is 5.55. The van der Waals surface area contributed by atoms with Crippen LogP contribution in [0.4, 0.5) is 4.79 Å². The molecule has 2 N–H and O–H groups in total. The number of carboxylic acid groups (broad SMARTS) is 1. The van der Waals surface area contributed by atoms with Gasteiger partial charge in [0.15, 0.2) is 0 Å². The van der Waals surface area contributed by atoms with E-state index in [4.69, 9.17) is 14.5 Å². The minimum absolute atomic E-state index is 0.00508. The molecule has 8 nitrogen and oxygen atoms in total. The van der Waals surface area contributed by atoms with Crippen molar-refractivity contribution in [3.8, 4) is 28.1 Å². The van der Waals surface area contributed by atoms with Crippen LogP contribution in [0.25, 0.3) is 28.0 Å². The highest BCUT2D eigenvalue weighted by Gasteiger charge is 2.30. The molecule has 3 aromatic carbocycles. The number of alkyl carbamates (subject to hydrolysis) is 1. The highest BCUT2D eigenvalue weighted by molar-refractivity contribution is 5.82. The van der Waals surface area contributed by atoms with Gasteiger partial charge in [-0.1, -0.05) is 48.5 Å². The summed E-state index contributed by atoms with van der Waals surface area (Å²) in [7, 11) is 1.60. The Hall–Kier alpha value is -5.11. The Morgan fingerprint density at radius 1 is 0.976 bits per heavy atom.